The summed E-state index contributed by atoms with van der Waals surface area (Å²) in [4.78, 5) is 12.3. The van der Waals surface area contributed by atoms with Gasteiger partial charge in [-0.3, -0.25) is 4.79 Å². The fourth-order valence-electron chi connectivity index (χ4n) is 1.80. The molecule has 0 saturated carbocycles. The van der Waals surface area contributed by atoms with Crippen LogP contribution in [0.2, 0.25) is 0 Å². The van der Waals surface area contributed by atoms with Gasteiger partial charge in [0.15, 0.2) is 5.16 Å². The molecule has 6 heteroatoms. The van der Waals surface area contributed by atoms with Crippen molar-refractivity contribution >= 4 is 29.3 Å². The quantitative estimate of drug-likeness (QED) is 0.730. The third kappa shape index (κ3) is 4.61. The van der Waals surface area contributed by atoms with E-state index in [1.54, 1.807) is 18.7 Å². The van der Waals surface area contributed by atoms with Crippen LogP contribution in [0.4, 0.5) is 0 Å². The second-order valence-corrected chi connectivity index (χ2v) is 6.73. The summed E-state index contributed by atoms with van der Waals surface area (Å²) in [6, 6.07) is 8.47. The number of carbonyl (C=O) groups is 1. The molecule has 1 aromatic carbocycles. The lowest BCUT2D eigenvalue weighted by molar-refractivity contribution is -0.114. The van der Waals surface area contributed by atoms with Crippen LogP contribution in [0.15, 0.2) is 34.3 Å². The molecule has 0 saturated heterocycles. The van der Waals surface area contributed by atoms with E-state index in [0.717, 1.165) is 23.3 Å². The Morgan fingerprint density at radius 3 is 2.52 bits per heavy atom. The number of hydrogen-bond acceptors (Lipinski definition) is 5. The van der Waals surface area contributed by atoms with Crippen LogP contribution in [0, 0.1) is 6.92 Å². The summed E-state index contributed by atoms with van der Waals surface area (Å²) >= 11 is 3.20. The molecular weight excluding hydrogens is 302 g/mol. The number of ketones is 1. The van der Waals surface area contributed by atoms with E-state index in [4.69, 9.17) is 0 Å². The Bertz CT molecular complexity index is 608. The van der Waals surface area contributed by atoms with E-state index in [-0.39, 0.29) is 5.78 Å². The highest BCUT2D eigenvalue weighted by Gasteiger charge is 2.12. The summed E-state index contributed by atoms with van der Waals surface area (Å²) in [7, 11) is 0. The molecule has 4 nitrogen and oxygen atoms in total. The number of carbonyl (C=O) groups excluding carboxylic acids is 1. The lowest BCUT2D eigenvalue weighted by atomic mass is 10.2. The van der Waals surface area contributed by atoms with Gasteiger partial charge in [-0.2, -0.15) is 0 Å². The number of benzene rings is 1. The molecule has 0 N–H and O–H groups in total. The maximum absolute atomic E-state index is 11.1. The Hall–Kier alpha value is -1.27. The zero-order valence-electron chi connectivity index (χ0n) is 12.5. The second kappa shape index (κ2) is 7.66. The van der Waals surface area contributed by atoms with E-state index in [0.29, 0.717) is 5.75 Å². The summed E-state index contributed by atoms with van der Waals surface area (Å²) in [5, 5.41) is 9.28. The fraction of sp³-hybridized carbons (Fsp3) is 0.400. The van der Waals surface area contributed by atoms with Crippen LogP contribution in [0.5, 0.6) is 0 Å². The number of aryl methyl sites for hydroxylation is 1. The number of rotatable bonds is 7. The molecule has 21 heavy (non-hydrogen) atoms. The zero-order valence-corrected chi connectivity index (χ0v) is 14.1. The number of hydrogen-bond donors (Lipinski definition) is 0. The van der Waals surface area contributed by atoms with Crippen molar-refractivity contribution < 1.29 is 4.79 Å². The minimum Gasteiger partial charge on any atom is -0.306 e. The maximum atomic E-state index is 11.1. The first-order valence-corrected chi connectivity index (χ1v) is 8.81. The standard InChI is InChI=1S/C15H19N3OS2/c1-4-18-14(16-17-15(18)21-9-12(3)19)10-20-13-7-5-11(2)6-8-13/h5-8H,4,9-10H2,1-3H3. The third-order valence-electron chi connectivity index (χ3n) is 2.90. The Morgan fingerprint density at radius 1 is 1.19 bits per heavy atom. The van der Waals surface area contributed by atoms with Gasteiger partial charge in [0, 0.05) is 11.4 Å². The normalized spacial score (nSPS) is 10.8. The van der Waals surface area contributed by atoms with Gasteiger partial charge >= 0.3 is 0 Å². The predicted molar refractivity (Wildman–Crippen MR) is 87.8 cm³/mol. The average Bonchev–Trinajstić information content (AvgIpc) is 2.86. The molecule has 0 aliphatic carbocycles. The maximum Gasteiger partial charge on any atom is 0.191 e. The second-order valence-electron chi connectivity index (χ2n) is 4.74. The molecule has 0 aliphatic heterocycles. The molecule has 0 atom stereocenters. The Balaban J connectivity index is 2.02. The van der Waals surface area contributed by atoms with Gasteiger partial charge in [-0.1, -0.05) is 29.5 Å². The van der Waals surface area contributed by atoms with Crippen LogP contribution in [0.3, 0.4) is 0 Å². The monoisotopic (exact) mass is 321 g/mol. The average molecular weight is 321 g/mol. The van der Waals surface area contributed by atoms with Gasteiger partial charge in [0.05, 0.1) is 11.5 Å². The lowest BCUT2D eigenvalue weighted by Crippen LogP contribution is -2.03. The van der Waals surface area contributed by atoms with E-state index in [2.05, 4.69) is 52.9 Å². The van der Waals surface area contributed by atoms with Crippen LogP contribution in [-0.2, 0) is 17.1 Å². The van der Waals surface area contributed by atoms with Crippen molar-refractivity contribution in [1.29, 1.82) is 0 Å². The molecule has 2 rings (SSSR count). The highest BCUT2D eigenvalue weighted by molar-refractivity contribution is 7.99. The number of thioether (sulfide) groups is 2. The molecular formula is C15H19N3OS2. The summed E-state index contributed by atoms with van der Waals surface area (Å²) < 4.78 is 2.08. The third-order valence-corrected chi connectivity index (χ3v) is 5.02. The minimum atomic E-state index is 0.154. The number of nitrogens with zero attached hydrogens (tertiary/aromatic N) is 3. The first-order valence-electron chi connectivity index (χ1n) is 6.84. The highest BCUT2D eigenvalue weighted by Crippen LogP contribution is 2.24. The van der Waals surface area contributed by atoms with Crippen LogP contribution in [0.25, 0.3) is 0 Å². The molecule has 0 fully saturated rings. The van der Waals surface area contributed by atoms with Gasteiger partial charge < -0.3 is 4.57 Å². The molecule has 1 heterocycles. The van der Waals surface area contributed by atoms with Gasteiger partial charge in [0.1, 0.15) is 11.6 Å². The molecule has 0 spiro atoms. The molecule has 0 aliphatic rings. The Kier molecular flexibility index (Phi) is 5.87. The fourth-order valence-corrected chi connectivity index (χ4v) is 3.46. The van der Waals surface area contributed by atoms with Crippen LogP contribution in [0.1, 0.15) is 25.2 Å². The van der Waals surface area contributed by atoms with Gasteiger partial charge in [-0.25, -0.2) is 0 Å². The molecule has 0 amide bonds. The van der Waals surface area contributed by atoms with Crippen molar-refractivity contribution in [2.45, 2.75) is 43.1 Å². The number of aromatic nitrogens is 3. The molecule has 2 aromatic rings. The van der Waals surface area contributed by atoms with Crippen molar-refractivity contribution in [3.63, 3.8) is 0 Å². The smallest absolute Gasteiger partial charge is 0.191 e. The van der Waals surface area contributed by atoms with Gasteiger partial charge in [0.25, 0.3) is 0 Å². The molecule has 0 unspecified atom stereocenters. The summed E-state index contributed by atoms with van der Waals surface area (Å²) in [6.45, 7) is 6.56. The SMILES string of the molecule is CCn1c(CSc2ccc(C)cc2)nnc1SCC(C)=O. The van der Waals surface area contributed by atoms with Gasteiger partial charge in [0.2, 0.25) is 0 Å². The van der Waals surface area contributed by atoms with E-state index < -0.39 is 0 Å². The first-order chi connectivity index (χ1) is 10.1. The predicted octanol–water partition coefficient (Wildman–Crippen LogP) is 3.58. The Morgan fingerprint density at radius 2 is 1.90 bits per heavy atom. The summed E-state index contributed by atoms with van der Waals surface area (Å²) in [5.74, 6) is 2.34. The van der Waals surface area contributed by atoms with Crippen molar-refractivity contribution in [2.24, 2.45) is 0 Å². The van der Waals surface area contributed by atoms with Crippen LogP contribution in [-0.4, -0.2) is 26.3 Å². The minimum absolute atomic E-state index is 0.154. The van der Waals surface area contributed by atoms with E-state index >= 15 is 0 Å². The van der Waals surface area contributed by atoms with E-state index in [9.17, 15) is 4.79 Å². The van der Waals surface area contributed by atoms with Crippen LogP contribution < -0.4 is 0 Å². The molecule has 0 radical (unpaired) electrons. The first kappa shape index (κ1) is 16.1. The van der Waals surface area contributed by atoms with Crippen molar-refractivity contribution in [2.75, 3.05) is 5.75 Å². The topological polar surface area (TPSA) is 47.8 Å². The van der Waals surface area contributed by atoms with Gasteiger partial charge in [-0.05, 0) is 32.9 Å². The van der Waals surface area contributed by atoms with E-state index in [1.165, 1.54) is 22.2 Å². The van der Waals surface area contributed by atoms with E-state index in [1.807, 2.05) is 0 Å². The summed E-state index contributed by atoms with van der Waals surface area (Å²) in [6.07, 6.45) is 0. The number of Topliss-reactive ketones (excluding diaryl/α,β-unsaturated/α-hetero) is 1. The van der Waals surface area contributed by atoms with Gasteiger partial charge in [-0.15, -0.1) is 22.0 Å². The zero-order chi connectivity index (χ0) is 15.2. The van der Waals surface area contributed by atoms with Crippen molar-refractivity contribution in [3.05, 3.63) is 35.7 Å². The summed E-state index contributed by atoms with van der Waals surface area (Å²) in [5.41, 5.74) is 1.26. The molecule has 1 aromatic heterocycles. The Labute approximate surface area is 133 Å². The lowest BCUT2D eigenvalue weighted by Gasteiger charge is -2.06. The molecule has 112 valence electrons. The highest BCUT2D eigenvalue weighted by atomic mass is 32.2. The van der Waals surface area contributed by atoms with Crippen LogP contribution >= 0.6 is 23.5 Å². The largest absolute Gasteiger partial charge is 0.306 e. The van der Waals surface area contributed by atoms with Crippen molar-refractivity contribution in [1.82, 2.24) is 14.8 Å². The molecule has 0 bridgehead atoms. The van der Waals surface area contributed by atoms with Crippen molar-refractivity contribution in [3.8, 4) is 0 Å².